The second kappa shape index (κ2) is 7.25. The van der Waals surface area contributed by atoms with Gasteiger partial charge in [-0.25, -0.2) is 0 Å². The van der Waals surface area contributed by atoms with Crippen molar-refractivity contribution in [3.05, 3.63) is 28.5 Å². The fourth-order valence-electron chi connectivity index (χ4n) is 2.96. The van der Waals surface area contributed by atoms with E-state index in [1.165, 1.54) is 37.8 Å². The third-order valence-corrected chi connectivity index (χ3v) is 4.37. The van der Waals surface area contributed by atoms with Crippen LogP contribution in [0.2, 0.25) is 0 Å². The monoisotopic (exact) mass is 310 g/mol. The zero-order chi connectivity index (χ0) is 12.8. The van der Waals surface area contributed by atoms with Gasteiger partial charge in [0.15, 0.2) is 0 Å². The Bertz CT molecular complexity index is 344. The lowest BCUT2D eigenvalue weighted by atomic mass is 9.82. The molecule has 1 unspecified atom stereocenters. The van der Waals surface area contributed by atoms with E-state index in [9.17, 15) is 0 Å². The van der Waals surface area contributed by atoms with Crippen molar-refractivity contribution in [3.63, 3.8) is 0 Å². The van der Waals surface area contributed by atoms with Crippen LogP contribution in [0.3, 0.4) is 0 Å². The van der Waals surface area contributed by atoms with Crippen molar-refractivity contribution < 1.29 is 0 Å². The van der Waals surface area contributed by atoms with Crippen LogP contribution in [0.4, 0.5) is 0 Å². The van der Waals surface area contributed by atoms with Gasteiger partial charge in [0.05, 0.1) is 0 Å². The summed E-state index contributed by atoms with van der Waals surface area (Å²) in [7, 11) is 0. The maximum absolute atomic E-state index is 4.51. The molecule has 0 saturated heterocycles. The minimum atomic E-state index is 0.601. The van der Waals surface area contributed by atoms with Crippen LogP contribution in [0, 0.1) is 5.92 Å². The Balaban J connectivity index is 1.98. The van der Waals surface area contributed by atoms with E-state index in [0.717, 1.165) is 23.4 Å². The summed E-state index contributed by atoms with van der Waals surface area (Å²) < 4.78 is 1.06. The molecule has 0 bridgehead atoms. The Morgan fingerprint density at radius 3 is 2.72 bits per heavy atom. The average molecular weight is 311 g/mol. The lowest BCUT2D eigenvalue weighted by molar-refractivity contribution is 0.268. The maximum atomic E-state index is 4.51. The molecular formula is C15H23BrN2. The van der Waals surface area contributed by atoms with Crippen LogP contribution in [-0.4, -0.2) is 17.6 Å². The Kier molecular flexibility index (Phi) is 5.64. The molecule has 2 nitrogen and oxygen atoms in total. The molecule has 1 N–H and O–H groups in total. The predicted octanol–water partition coefficient (Wildman–Crippen LogP) is 3.95. The Morgan fingerprint density at radius 1 is 1.33 bits per heavy atom. The largest absolute Gasteiger partial charge is 0.314 e. The van der Waals surface area contributed by atoms with Gasteiger partial charge in [-0.15, -0.1) is 0 Å². The summed E-state index contributed by atoms with van der Waals surface area (Å²) in [5.74, 6) is 0.837. The van der Waals surface area contributed by atoms with E-state index >= 15 is 0 Å². The molecule has 1 aromatic rings. The van der Waals surface area contributed by atoms with E-state index in [1.54, 1.807) is 0 Å². The summed E-state index contributed by atoms with van der Waals surface area (Å²) in [5, 5.41) is 3.66. The molecule has 0 aromatic carbocycles. The molecule has 0 amide bonds. The van der Waals surface area contributed by atoms with Gasteiger partial charge >= 0.3 is 0 Å². The first kappa shape index (κ1) is 14.0. The van der Waals surface area contributed by atoms with Crippen LogP contribution in [-0.2, 0) is 6.42 Å². The highest BCUT2D eigenvalue weighted by molar-refractivity contribution is 9.10. The second-order valence-corrected chi connectivity index (χ2v) is 6.15. The van der Waals surface area contributed by atoms with Gasteiger partial charge in [0.2, 0.25) is 0 Å². The minimum absolute atomic E-state index is 0.601. The lowest BCUT2D eigenvalue weighted by Crippen LogP contribution is -2.39. The first-order valence-electron chi connectivity index (χ1n) is 7.13. The van der Waals surface area contributed by atoms with E-state index in [2.05, 4.69) is 45.3 Å². The van der Waals surface area contributed by atoms with Gasteiger partial charge in [-0.05, 0) is 53.4 Å². The second-order valence-electron chi connectivity index (χ2n) is 5.23. The lowest BCUT2D eigenvalue weighted by Gasteiger charge is -2.30. The molecular weight excluding hydrogens is 288 g/mol. The average Bonchev–Trinajstić information content (AvgIpc) is 2.42. The standard InChI is InChI=1S/C15H23BrN2/c1-2-17-15(12-6-4-3-5-7-12)10-14-9-8-13(16)11-18-14/h8-9,11-12,15,17H,2-7,10H2,1H3. The molecule has 0 radical (unpaired) electrons. The smallest absolute Gasteiger partial charge is 0.0420 e. The van der Waals surface area contributed by atoms with Crippen molar-refractivity contribution in [2.45, 2.75) is 51.5 Å². The van der Waals surface area contributed by atoms with E-state index in [0.29, 0.717) is 6.04 Å². The zero-order valence-corrected chi connectivity index (χ0v) is 12.7. The van der Waals surface area contributed by atoms with Crippen LogP contribution in [0.1, 0.15) is 44.7 Å². The highest BCUT2D eigenvalue weighted by atomic mass is 79.9. The van der Waals surface area contributed by atoms with Gasteiger partial charge in [0.25, 0.3) is 0 Å². The summed E-state index contributed by atoms with van der Waals surface area (Å²) >= 11 is 3.44. The molecule has 3 heteroatoms. The molecule has 18 heavy (non-hydrogen) atoms. The van der Waals surface area contributed by atoms with Gasteiger partial charge in [-0.2, -0.15) is 0 Å². The zero-order valence-electron chi connectivity index (χ0n) is 11.2. The summed E-state index contributed by atoms with van der Waals surface area (Å²) in [4.78, 5) is 4.51. The third kappa shape index (κ3) is 4.06. The van der Waals surface area contributed by atoms with Gasteiger partial charge in [0.1, 0.15) is 0 Å². The van der Waals surface area contributed by atoms with Gasteiger partial charge in [-0.3, -0.25) is 4.98 Å². The van der Waals surface area contributed by atoms with Crippen LogP contribution in [0.5, 0.6) is 0 Å². The normalized spacial score (nSPS) is 18.8. The SMILES string of the molecule is CCNC(Cc1ccc(Br)cn1)C1CCCCC1. The molecule has 100 valence electrons. The van der Waals surface area contributed by atoms with Gasteiger partial charge in [-0.1, -0.05) is 26.2 Å². The summed E-state index contributed by atoms with van der Waals surface area (Å²) in [6.07, 6.45) is 9.96. The number of halogens is 1. The number of hydrogen-bond donors (Lipinski definition) is 1. The first-order valence-corrected chi connectivity index (χ1v) is 7.92. The molecule has 2 rings (SSSR count). The number of pyridine rings is 1. The molecule has 1 fully saturated rings. The molecule has 1 atom stereocenters. The number of nitrogens with one attached hydrogen (secondary N) is 1. The number of nitrogens with zero attached hydrogens (tertiary/aromatic N) is 1. The highest BCUT2D eigenvalue weighted by Gasteiger charge is 2.23. The van der Waals surface area contributed by atoms with Crippen molar-refractivity contribution in [2.75, 3.05) is 6.54 Å². The topological polar surface area (TPSA) is 24.9 Å². The molecule has 1 heterocycles. The molecule has 1 aromatic heterocycles. The number of likely N-dealkylation sites (N-methyl/N-ethyl adjacent to an activating group) is 1. The third-order valence-electron chi connectivity index (χ3n) is 3.90. The Morgan fingerprint density at radius 2 is 2.11 bits per heavy atom. The molecule has 1 aliphatic rings. The fraction of sp³-hybridized carbons (Fsp3) is 0.667. The van der Waals surface area contributed by atoms with Crippen LogP contribution < -0.4 is 5.32 Å². The highest BCUT2D eigenvalue weighted by Crippen LogP contribution is 2.27. The molecule has 1 saturated carbocycles. The van der Waals surface area contributed by atoms with Gasteiger partial charge < -0.3 is 5.32 Å². The number of hydrogen-bond acceptors (Lipinski definition) is 2. The van der Waals surface area contributed by atoms with E-state index < -0.39 is 0 Å². The van der Waals surface area contributed by atoms with E-state index in [-0.39, 0.29) is 0 Å². The fourth-order valence-corrected chi connectivity index (χ4v) is 3.19. The molecule has 1 aliphatic carbocycles. The van der Waals surface area contributed by atoms with Crippen molar-refractivity contribution in [2.24, 2.45) is 5.92 Å². The summed E-state index contributed by atoms with van der Waals surface area (Å²) in [5.41, 5.74) is 1.20. The molecule has 0 spiro atoms. The van der Waals surface area contributed by atoms with Crippen molar-refractivity contribution in [1.29, 1.82) is 0 Å². The number of aromatic nitrogens is 1. The Labute approximate surface area is 119 Å². The minimum Gasteiger partial charge on any atom is -0.314 e. The maximum Gasteiger partial charge on any atom is 0.0420 e. The first-order chi connectivity index (χ1) is 8.79. The van der Waals surface area contributed by atoms with Crippen molar-refractivity contribution in [3.8, 4) is 0 Å². The van der Waals surface area contributed by atoms with E-state index in [1.807, 2.05) is 6.20 Å². The van der Waals surface area contributed by atoms with Crippen LogP contribution in [0.25, 0.3) is 0 Å². The van der Waals surface area contributed by atoms with Crippen LogP contribution in [0.15, 0.2) is 22.8 Å². The van der Waals surface area contributed by atoms with Crippen LogP contribution >= 0.6 is 15.9 Å². The van der Waals surface area contributed by atoms with E-state index in [4.69, 9.17) is 0 Å². The van der Waals surface area contributed by atoms with Gasteiger partial charge in [0, 0.05) is 28.8 Å². The quantitative estimate of drug-likeness (QED) is 0.891. The van der Waals surface area contributed by atoms with Crippen molar-refractivity contribution >= 4 is 15.9 Å². The predicted molar refractivity (Wildman–Crippen MR) is 79.7 cm³/mol. The summed E-state index contributed by atoms with van der Waals surface area (Å²) in [6.45, 7) is 3.25. The molecule has 0 aliphatic heterocycles. The Hall–Kier alpha value is -0.410. The number of rotatable bonds is 5. The van der Waals surface area contributed by atoms with Crippen molar-refractivity contribution in [1.82, 2.24) is 10.3 Å². The summed E-state index contributed by atoms with van der Waals surface area (Å²) in [6, 6.07) is 4.83.